The van der Waals surface area contributed by atoms with Crippen LogP contribution in [-0.4, -0.2) is 13.7 Å². The maximum atomic E-state index is 5.42. The van der Waals surface area contributed by atoms with E-state index in [9.17, 15) is 0 Å². The number of benzene rings is 2. The van der Waals surface area contributed by atoms with Crippen molar-refractivity contribution >= 4 is 0 Å². The van der Waals surface area contributed by atoms with Crippen molar-refractivity contribution < 1.29 is 9.47 Å². The maximum absolute atomic E-state index is 5.42. The summed E-state index contributed by atoms with van der Waals surface area (Å²) in [4.78, 5) is 0. The van der Waals surface area contributed by atoms with Crippen molar-refractivity contribution in [2.45, 2.75) is 13.1 Å². The lowest BCUT2D eigenvalue weighted by Gasteiger charge is -2.11. The molecule has 1 N–H and O–H groups in total. The summed E-state index contributed by atoms with van der Waals surface area (Å²) in [6.07, 6.45) is 5.19. The third-order valence-corrected chi connectivity index (χ3v) is 3.04. The molecule has 0 bridgehead atoms. The molecule has 0 heterocycles. The molecule has 0 unspecified atom stereocenters. The van der Waals surface area contributed by atoms with Gasteiger partial charge in [0, 0.05) is 13.1 Å². The minimum atomic E-state index is 0.238. The first-order valence-electron chi connectivity index (χ1n) is 6.81. The molecule has 2 rings (SSSR count). The number of hydrogen-bond donors (Lipinski definition) is 1. The molecule has 0 radical (unpaired) electrons. The number of rotatable bonds is 7. The Hall–Kier alpha value is -2.44. The Bertz CT molecular complexity index is 602. The van der Waals surface area contributed by atoms with Crippen LogP contribution in [0.4, 0.5) is 0 Å². The van der Waals surface area contributed by atoms with Crippen LogP contribution in [0.1, 0.15) is 11.1 Å². The first-order valence-corrected chi connectivity index (χ1v) is 6.81. The summed E-state index contributed by atoms with van der Waals surface area (Å²) in [5, 5.41) is 3.40. The Morgan fingerprint density at radius 3 is 2.48 bits per heavy atom. The minimum Gasteiger partial charge on any atom is -0.493 e. The van der Waals surface area contributed by atoms with Gasteiger partial charge in [-0.05, 0) is 23.3 Å². The predicted molar refractivity (Wildman–Crippen MR) is 84.3 cm³/mol. The van der Waals surface area contributed by atoms with Crippen LogP contribution in [0.15, 0.2) is 48.5 Å². The molecular weight excluding hydrogens is 262 g/mol. The van der Waals surface area contributed by atoms with Gasteiger partial charge in [0.1, 0.15) is 6.61 Å². The van der Waals surface area contributed by atoms with E-state index in [0.29, 0.717) is 11.5 Å². The number of methoxy groups -OCH3 is 1. The fourth-order valence-corrected chi connectivity index (χ4v) is 2.01. The van der Waals surface area contributed by atoms with Crippen molar-refractivity contribution in [1.82, 2.24) is 5.32 Å². The van der Waals surface area contributed by atoms with Gasteiger partial charge in [-0.3, -0.25) is 0 Å². The monoisotopic (exact) mass is 281 g/mol. The van der Waals surface area contributed by atoms with Gasteiger partial charge in [0.25, 0.3) is 0 Å². The largest absolute Gasteiger partial charge is 0.493 e. The predicted octanol–water partition coefficient (Wildman–Crippen LogP) is 3.00. The number of nitrogens with one attached hydrogen (secondary N) is 1. The summed E-state index contributed by atoms with van der Waals surface area (Å²) < 4.78 is 10.8. The SMILES string of the molecule is C#CCOc1ccc(CNCc2ccccc2)cc1OC. The van der Waals surface area contributed by atoms with E-state index in [1.165, 1.54) is 5.56 Å². The molecule has 0 aliphatic heterocycles. The highest BCUT2D eigenvalue weighted by Gasteiger charge is 2.05. The summed E-state index contributed by atoms with van der Waals surface area (Å²) in [6, 6.07) is 16.2. The maximum Gasteiger partial charge on any atom is 0.162 e. The lowest BCUT2D eigenvalue weighted by atomic mass is 10.2. The van der Waals surface area contributed by atoms with Crippen molar-refractivity contribution in [3.05, 3.63) is 59.7 Å². The zero-order valence-electron chi connectivity index (χ0n) is 12.1. The second-order valence-electron chi connectivity index (χ2n) is 4.57. The normalized spacial score (nSPS) is 9.90. The van der Waals surface area contributed by atoms with Gasteiger partial charge in [-0.2, -0.15) is 0 Å². The molecule has 108 valence electrons. The van der Waals surface area contributed by atoms with E-state index in [-0.39, 0.29) is 6.61 Å². The zero-order valence-corrected chi connectivity index (χ0v) is 12.1. The summed E-state index contributed by atoms with van der Waals surface area (Å²) in [6.45, 7) is 1.83. The molecule has 0 aliphatic rings. The van der Waals surface area contributed by atoms with E-state index in [1.807, 2.05) is 36.4 Å². The van der Waals surface area contributed by atoms with Crippen LogP contribution in [0, 0.1) is 12.3 Å². The first-order chi connectivity index (χ1) is 10.3. The van der Waals surface area contributed by atoms with E-state index < -0.39 is 0 Å². The minimum absolute atomic E-state index is 0.238. The summed E-state index contributed by atoms with van der Waals surface area (Å²) in [5.41, 5.74) is 2.40. The van der Waals surface area contributed by atoms with Crippen LogP contribution in [-0.2, 0) is 13.1 Å². The van der Waals surface area contributed by atoms with Crippen molar-refractivity contribution in [3.63, 3.8) is 0 Å². The van der Waals surface area contributed by atoms with Crippen molar-refractivity contribution in [2.24, 2.45) is 0 Å². The standard InChI is InChI=1S/C18H19NO2/c1-3-11-21-17-10-9-16(12-18(17)20-2)14-19-13-15-7-5-4-6-8-15/h1,4-10,12,19H,11,13-14H2,2H3. The van der Waals surface area contributed by atoms with E-state index >= 15 is 0 Å². The summed E-state index contributed by atoms with van der Waals surface area (Å²) >= 11 is 0. The molecule has 3 nitrogen and oxygen atoms in total. The van der Waals surface area contributed by atoms with Gasteiger partial charge in [0.2, 0.25) is 0 Å². The first kappa shape index (κ1) is 15.0. The Labute approximate surface area is 125 Å². The van der Waals surface area contributed by atoms with Gasteiger partial charge in [0.05, 0.1) is 7.11 Å². The molecule has 0 aromatic heterocycles. The molecule has 0 aliphatic carbocycles. The third kappa shape index (κ3) is 4.55. The smallest absolute Gasteiger partial charge is 0.162 e. The van der Waals surface area contributed by atoms with Crippen LogP contribution in [0.25, 0.3) is 0 Å². The second kappa shape index (κ2) is 7.98. The Morgan fingerprint density at radius 2 is 1.76 bits per heavy atom. The second-order valence-corrected chi connectivity index (χ2v) is 4.57. The Morgan fingerprint density at radius 1 is 1.00 bits per heavy atom. The molecule has 0 fully saturated rings. The van der Waals surface area contributed by atoms with Crippen LogP contribution in [0.2, 0.25) is 0 Å². The molecule has 3 heteroatoms. The van der Waals surface area contributed by atoms with Crippen molar-refractivity contribution in [3.8, 4) is 23.8 Å². The quantitative estimate of drug-likeness (QED) is 0.791. The zero-order chi connectivity index (χ0) is 14.9. The van der Waals surface area contributed by atoms with Gasteiger partial charge in [-0.15, -0.1) is 6.42 Å². The topological polar surface area (TPSA) is 30.5 Å². The fraction of sp³-hybridized carbons (Fsp3) is 0.222. The molecule has 2 aromatic carbocycles. The van der Waals surface area contributed by atoms with E-state index in [4.69, 9.17) is 15.9 Å². The Kier molecular flexibility index (Phi) is 5.69. The highest BCUT2D eigenvalue weighted by atomic mass is 16.5. The van der Waals surface area contributed by atoms with Crippen LogP contribution < -0.4 is 14.8 Å². The molecule has 0 amide bonds. The number of terminal acetylenes is 1. The summed E-state index contributed by atoms with van der Waals surface area (Å²) in [5.74, 6) is 3.81. The molecule has 2 aromatic rings. The van der Waals surface area contributed by atoms with Gasteiger partial charge in [-0.1, -0.05) is 42.3 Å². The Balaban J connectivity index is 1.93. The van der Waals surface area contributed by atoms with Gasteiger partial charge < -0.3 is 14.8 Å². The third-order valence-electron chi connectivity index (χ3n) is 3.04. The van der Waals surface area contributed by atoms with E-state index in [2.05, 4.69) is 23.4 Å². The van der Waals surface area contributed by atoms with Crippen molar-refractivity contribution in [2.75, 3.05) is 13.7 Å². The van der Waals surface area contributed by atoms with E-state index in [0.717, 1.165) is 18.7 Å². The van der Waals surface area contributed by atoms with Gasteiger partial charge in [0.15, 0.2) is 11.5 Å². The van der Waals surface area contributed by atoms with Crippen LogP contribution in [0.5, 0.6) is 11.5 Å². The lowest BCUT2D eigenvalue weighted by molar-refractivity contribution is 0.330. The lowest BCUT2D eigenvalue weighted by Crippen LogP contribution is -2.12. The molecule has 0 saturated carbocycles. The molecule has 21 heavy (non-hydrogen) atoms. The molecule has 0 saturated heterocycles. The van der Waals surface area contributed by atoms with Crippen LogP contribution >= 0.6 is 0 Å². The average molecular weight is 281 g/mol. The van der Waals surface area contributed by atoms with Gasteiger partial charge in [-0.25, -0.2) is 0 Å². The molecule has 0 atom stereocenters. The number of ether oxygens (including phenoxy) is 2. The highest BCUT2D eigenvalue weighted by molar-refractivity contribution is 5.43. The highest BCUT2D eigenvalue weighted by Crippen LogP contribution is 2.27. The van der Waals surface area contributed by atoms with Gasteiger partial charge >= 0.3 is 0 Å². The summed E-state index contributed by atoms with van der Waals surface area (Å²) in [7, 11) is 1.62. The van der Waals surface area contributed by atoms with E-state index in [1.54, 1.807) is 7.11 Å². The molecule has 0 spiro atoms. The fourth-order valence-electron chi connectivity index (χ4n) is 2.01. The van der Waals surface area contributed by atoms with Crippen LogP contribution in [0.3, 0.4) is 0 Å². The van der Waals surface area contributed by atoms with Crippen molar-refractivity contribution in [1.29, 1.82) is 0 Å². The average Bonchev–Trinajstić information content (AvgIpc) is 2.54. The molecular formula is C18H19NO2. The number of hydrogen-bond acceptors (Lipinski definition) is 3.